The minimum absolute atomic E-state index is 0.0486. The molecule has 6 nitrogen and oxygen atoms in total. The Bertz CT molecular complexity index is 1130. The number of carbonyl (C=O) groups excluding carboxylic acids is 2. The molecule has 2 amide bonds. The fourth-order valence-corrected chi connectivity index (χ4v) is 5.73. The van der Waals surface area contributed by atoms with Crippen molar-refractivity contribution in [3.05, 3.63) is 70.8 Å². The Labute approximate surface area is 261 Å². The summed E-state index contributed by atoms with van der Waals surface area (Å²) >= 11 is 0. The summed E-state index contributed by atoms with van der Waals surface area (Å²) in [5.74, 6) is -1.65. The average Bonchev–Trinajstić information content (AvgIpc) is 2.86. The molecule has 0 aliphatic rings. The van der Waals surface area contributed by atoms with E-state index < -0.39 is 35.9 Å². The normalized spacial score (nSPS) is 15.8. The number of hydrogen-bond donors (Lipinski definition) is 4. The minimum Gasteiger partial charge on any atom is -0.383 e. The van der Waals surface area contributed by atoms with Crippen LogP contribution >= 0.6 is 0 Å². The molecule has 4 N–H and O–H groups in total. The fraction of sp³-hybridized carbons (Fsp3) is 0.622. The van der Waals surface area contributed by atoms with Crippen molar-refractivity contribution in [2.75, 3.05) is 13.1 Å². The quantitative estimate of drug-likeness (QED) is 0.233. The van der Waals surface area contributed by atoms with Crippen molar-refractivity contribution in [1.82, 2.24) is 10.6 Å². The van der Waals surface area contributed by atoms with E-state index in [0.29, 0.717) is 19.5 Å². The van der Waals surface area contributed by atoms with E-state index in [2.05, 4.69) is 76.4 Å². The van der Waals surface area contributed by atoms with E-state index in [-0.39, 0.29) is 21.7 Å². The van der Waals surface area contributed by atoms with Gasteiger partial charge in [0.2, 0.25) is 11.8 Å². The summed E-state index contributed by atoms with van der Waals surface area (Å²) in [5, 5.41) is 28.0. The monoisotopic (exact) mass is 594 g/mol. The lowest BCUT2D eigenvalue weighted by Crippen LogP contribution is -2.44. The molecule has 0 radical (unpaired) electrons. The van der Waals surface area contributed by atoms with Crippen molar-refractivity contribution in [2.45, 2.75) is 124 Å². The number of hydrogen-bond acceptors (Lipinski definition) is 4. The van der Waals surface area contributed by atoms with Gasteiger partial charge in [-0.15, -0.1) is 0 Å². The van der Waals surface area contributed by atoms with Crippen LogP contribution in [-0.2, 0) is 20.4 Å². The Morgan fingerprint density at radius 1 is 0.605 bits per heavy atom. The molecule has 0 spiro atoms. The number of benzene rings is 2. The van der Waals surface area contributed by atoms with Gasteiger partial charge in [-0.25, -0.2) is 0 Å². The molecule has 0 bridgehead atoms. The number of nitrogens with one attached hydrogen (secondary N) is 2. The summed E-state index contributed by atoms with van der Waals surface area (Å²) in [7, 11) is 0. The molecule has 0 fully saturated rings. The number of rotatable bonds is 10. The van der Waals surface area contributed by atoms with Crippen molar-refractivity contribution in [1.29, 1.82) is 0 Å². The summed E-state index contributed by atoms with van der Waals surface area (Å²) in [5.41, 5.74) is 3.37. The van der Waals surface area contributed by atoms with Crippen LogP contribution in [0.5, 0.6) is 0 Å². The molecule has 2 aromatic rings. The van der Waals surface area contributed by atoms with Gasteiger partial charge in [-0.3, -0.25) is 9.59 Å². The molecular formula is C37H58N2O4. The first-order valence-corrected chi connectivity index (χ1v) is 15.7. The van der Waals surface area contributed by atoms with E-state index in [0.717, 1.165) is 22.3 Å². The first-order valence-electron chi connectivity index (χ1n) is 15.7. The Kier molecular flexibility index (Phi) is 11.8. The highest BCUT2D eigenvalue weighted by atomic mass is 16.3. The number of amides is 2. The average molecular weight is 595 g/mol. The van der Waals surface area contributed by atoms with E-state index in [9.17, 15) is 19.8 Å². The van der Waals surface area contributed by atoms with Crippen LogP contribution in [0, 0.1) is 10.8 Å². The molecule has 0 aromatic heterocycles. The molecule has 2 rings (SSSR count). The highest BCUT2D eigenvalue weighted by molar-refractivity contribution is 5.82. The Balaban J connectivity index is 2.02. The maximum atomic E-state index is 13.1. The van der Waals surface area contributed by atoms with Crippen molar-refractivity contribution >= 4 is 11.8 Å². The van der Waals surface area contributed by atoms with Gasteiger partial charge in [0.05, 0.1) is 0 Å². The molecule has 6 heteroatoms. The third kappa shape index (κ3) is 10.2. The second-order valence-electron chi connectivity index (χ2n) is 16.3. The first-order chi connectivity index (χ1) is 19.5. The Morgan fingerprint density at radius 2 is 0.930 bits per heavy atom. The largest absolute Gasteiger partial charge is 0.383 e. The van der Waals surface area contributed by atoms with Gasteiger partial charge in [0.15, 0.2) is 0 Å². The van der Waals surface area contributed by atoms with Gasteiger partial charge in [-0.2, -0.15) is 0 Å². The Morgan fingerprint density at radius 3 is 1.21 bits per heavy atom. The highest BCUT2D eigenvalue weighted by Crippen LogP contribution is 2.40. The van der Waals surface area contributed by atoms with Gasteiger partial charge in [0.1, 0.15) is 12.2 Å². The second kappa shape index (κ2) is 13.9. The lowest BCUT2D eigenvalue weighted by Gasteiger charge is -2.35. The summed E-state index contributed by atoms with van der Waals surface area (Å²) in [6, 6.07) is 16.3. The van der Waals surface area contributed by atoms with E-state index in [4.69, 9.17) is 0 Å². The first kappa shape index (κ1) is 36.5. The van der Waals surface area contributed by atoms with E-state index in [1.165, 1.54) is 0 Å². The smallest absolute Gasteiger partial charge is 0.249 e. The molecule has 0 aliphatic carbocycles. The van der Waals surface area contributed by atoms with Crippen LogP contribution in [-0.4, -0.2) is 47.3 Å². The zero-order chi connectivity index (χ0) is 33.0. The lowest BCUT2D eigenvalue weighted by atomic mass is 9.72. The van der Waals surface area contributed by atoms with Gasteiger partial charge in [0, 0.05) is 24.9 Å². The predicted molar refractivity (Wildman–Crippen MR) is 177 cm³/mol. The van der Waals surface area contributed by atoms with E-state index in [1.54, 1.807) is 0 Å². The molecule has 4 unspecified atom stereocenters. The maximum absolute atomic E-state index is 13.1. The second-order valence-corrected chi connectivity index (χ2v) is 16.3. The van der Waals surface area contributed by atoms with Gasteiger partial charge in [0.25, 0.3) is 0 Å². The predicted octanol–water partition coefficient (Wildman–Crippen LogP) is 6.59. The van der Waals surface area contributed by atoms with Gasteiger partial charge < -0.3 is 20.8 Å². The molecule has 240 valence electrons. The number of aliphatic hydroxyl groups excluding tert-OH is 2. The van der Waals surface area contributed by atoms with Crippen LogP contribution in [0.4, 0.5) is 0 Å². The third-order valence-corrected chi connectivity index (χ3v) is 8.21. The zero-order valence-electron chi connectivity index (χ0n) is 28.8. The molecular weight excluding hydrogens is 536 g/mol. The molecule has 2 aromatic carbocycles. The van der Waals surface area contributed by atoms with E-state index >= 15 is 0 Å². The zero-order valence-corrected chi connectivity index (χ0v) is 28.8. The van der Waals surface area contributed by atoms with Crippen molar-refractivity contribution in [3.63, 3.8) is 0 Å². The fourth-order valence-electron chi connectivity index (χ4n) is 5.73. The van der Waals surface area contributed by atoms with Crippen LogP contribution in [0.25, 0.3) is 0 Å². The molecule has 43 heavy (non-hydrogen) atoms. The van der Waals surface area contributed by atoms with Crippen molar-refractivity contribution in [2.24, 2.45) is 10.8 Å². The molecule has 0 aliphatic heterocycles. The summed E-state index contributed by atoms with van der Waals surface area (Å²) < 4.78 is 0. The highest BCUT2D eigenvalue weighted by Gasteiger charge is 2.38. The molecule has 0 saturated carbocycles. The molecule has 0 saturated heterocycles. The Hall–Kier alpha value is -2.70. The maximum Gasteiger partial charge on any atom is 0.249 e. The lowest BCUT2D eigenvalue weighted by molar-refractivity contribution is -0.132. The van der Waals surface area contributed by atoms with Crippen molar-refractivity contribution in [3.8, 4) is 0 Å². The SMILES string of the molecule is CC(C)(C)c1cccc(C(C(O)C(=O)NCCCNC(=O)C(O)C(c2cccc(C(C)(C)C)c2)C(C)(C)C)C(C)(C)C)c1. The third-order valence-electron chi connectivity index (χ3n) is 8.21. The minimum atomic E-state index is -1.22. The van der Waals surface area contributed by atoms with Crippen LogP contribution in [0.15, 0.2) is 48.5 Å². The summed E-state index contributed by atoms with van der Waals surface area (Å²) in [4.78, 5) is 26.1. The van der Waals surface area contributed by atoms with Crippen LogP contribution in [0.3, 0.4) is 0 Å². The topological polar surface area (TPSA) is 98.7 Å². The summed E-state index contributed by atoms with van der Waals surface area (Å²) in [6.07, 6.45) is -1.97. The molecule has 4 atom stereocenters. The molecule has 0 heterocycles. The van der Waals surface area contributed by atoms with Gasteiger partial charge >= 0.3 is 0 Å². The van der Waals surface area contributed by atoms with Crippen LogP contribution in [0.2, 0.25) is 0 Å². The van der Waals surface area contributed by atoms with Crippen molar-refractivity contribution < 1.29 is 19.8 Å². The van der Waals surface area contributed by atoms with Gasteiger partial charge in [-0.05, 0) is 50.3 Å². The summed E-state index contributed by atoms with van der Waals surface area (Å²) in [6.45, 7) is 25.6. The number of carbonyl (C=O) groups is 2. The standard InChI is InChI=1S/C37H58N2O4/c1-34(2,3)26-18-13-16-24(22-26)28(36(7,8)9)30(40)32(42)38-20-15-21-39-33(43)31(41)29(37(10,11)12)25-17-14-19-27(23-25)35(4,5)6/h13-14,16-19,22-23,28-31,40-41H,15,20-21H2,1-12H3,(H,38,42)(H,39,43). The van der Waals surface area contributed by atoms with Crippen LogP contribution < -0.4 is 10.6 Å². The number of aliphatic hydroxyl groups is 2. The van der Waals surface area contributed by atoms with Crippen LogP contribution in [0.1, 0.15) is 124 Å². The van der Waals surface area contributed by atoms with Gasteiger partial charge in [-0.1, -0.05) is 132 Å². The van der Waals surface area contributed by atoms with E-state index in [1.807, 2.05) is 65.8 Å².